The van der Waals surface area contributed by atoms with Crippen LogP contribution in [0.15, 0.2) is 36.9 Å². The Hall–Kier alpha value is -2.01. The fraction of sp³-hybridized carbons (Fsp3) is 0.357. The number of ether oxygens (including phenoxy) is 2. The van der Waals surface area contributed by atoms with Crippen molar-refractivity contribution in [2.45, 2.75) is 0 Å². The molecule has 5 nitrogen and oxygen atoms in total. The smallest absolute Gasteiger partial charge is 0.317 e. The number of methoxy groups -OCH3 is 1. The van der Waals surface area contributed by atoms with E-state index in [1.165, 1.54) is 0 Å². The van der Waals surface area contributed by atoms with Gasteiger partial charge in [0.05, 0.1) is 13.7 Å². The molecule has 5 heteroatoms. The van der Waals surface area contributed by atoms with Crippen molar-refractivity contribution in [1.82, 2.24) is 4.90 Å². The molecule has 1 N–H and O–H groups in total. The molecule has 0 saturated heterocycles. The minimum Gasteiger partial charge on any atom is -0.497 e. The Morgan fingerprint density at radius 1 is 1.37 bits per heavy atom. The largest absolute Gasteiger partial charge is 0.497 e. The van der Waals surface area contributed by atoms with Crippen LogP contribution in [0, 0.1) is 0 Å². The van der Waals surface area contributed by atoms with E-state index in [1.54, 1.807) is 18.1 Å². The van der Waals surface area contributed by atoms with E-state index in [2.05, 4.69) is 6.58 Å². The highest BCUT2D eigenvalue weighted by atomic mass is 16.5. The van der Waals surface area contributed by atoms with E-state index in [4.69, 9.17) is 14.6 Å². The van der Waals surface area contributed by atoms with Crippen LogP contribution in [0.1, 0.15) is 0 Å². The van der Waals surface area contributed by atoms with Crippen LogP contribution in [0.2, 0.25) is 0 Å². The monoisotopic (exact) mass is 265 g/mol. The summed E-state index contributed by atoms with van der Waals surface area (Å²) < 4.78 is 10.6. The van der Waals surface area contributed by atoms with Crippen LogP contribution in [-0.4, -0.2) is 49.3 Å². The molecule has 0 bridgehead atoms. The SMILES string of the molecule is C=CCN(CCOc1ccc(OC)cc1)CC(=O)O. The highest BCUT2D eigenvalue weighted by Crippen LogP contribution is 2.16. The Morgan fingerprint density at radius 3 is 2.53 bits per heavy atom. The van der Waals surface area contributed by atoms with Gasteiger partial charge in [0, 0.05) is 13.1 Å². The van der Waals surface area contributed by atoms with Crippen molar-refractivity contribution in [2.24, 2.45) is 0 Å². The van der Waals surface area contributed by atoms with E-state index in [-0.39, 0.29) is 6.54 Å². The minimum atomic E-state index is -0.855. The van der Waals surface area contributed by atoms with Gasteiger partial charge in [-0.3, -0.25) is 9.69 Å². The van der Waals surface area contributed by atoms with Crippen LogP contribution < -0.4 is 9.47 Å². The van der Waals surface area contributed by atoms with Crippen LogP contribution in [0.4, 0.5) is 0 Å². The molecule has 0 atom stereocenters. The quantitative estimate of drug-likeness (QED) is 0.688. The van der Waals surface area contributed by atoms with Gasteiger partial charge in [-0.15, -0.1) is 6.58 Å². The maximum absolute atomic E-state index is 10.7. The lowest BCUT2D eigenvalue weighted by Crippen LogP contribution is -2.33. The average molecular weight is 265 g/mol. The molecule has 0 heterocycles. The number of aliphatic carboxylic acids is 1. The van der Waals surface area contributed by atoms with Crippen LogP contribution >= 0.6 is 0 Å². The van der Waals surface area contributed by atoms with E-state index in [0.717, 1.165) is 11.5 Å². The van der Waals surface area contributed by atoms with Crippen molar-refractivity contribution in [3.8, 4) is 11.5 Å². The van der Waals surface area contributed by atoms with Gasteiger partial charge in [-0.05, 0) is 24.3 Å². The van der Waals surface area contributed by atoms with Gasteiger partial charge in [-0.1, -0.05) is 6.08 Å². The molecule has 0 unspecified atom stereocenters. The molecule has 0 aromatic heterocycles. The van der Waals surface area contributed by atoms with Crippen molar-refractivity contribution in [1.29, 1.82) is 0 Å². The fourth-order valence-corrected chi connectivity index (χ4v) is 1.57. The Bertz CT molecular complexity index is 402. The Morgan fingerprint density at radius 2 is 2.00 bits per heavy atom. The van der Waals surface area contributed by atoms with Gasteiger partial charge < -0.3 is 14.6 Å². The molecule has 0 radical (unpaired) electrons. The Labute approximate surface area is 113 Å². The predicted octanol–water partition coefficient (Wildman–Crippen LogP) is 1.65. The number of carboxylic acids is 1. The van der Waals surface area contributed by atoms with Gasteiger partial charge in [0.2, 0.25) is 0 Å². The van der Waals surface area contributed by atoms with E-state index in [1.807, 2.05) is 24.3 Å². The molecule has 0 spiro atoms. The highest BCUT2D eigenvalue weighted by molar-refractivity contribution is 5.69. The summed E-state index contributed by atoms with van der Waals surface area (Å²) in [5, 5.41) is 8.75. The second kappa shape index (κ2) is 8.16. The van der Waals surface area contributed by atoms with Crippen molar-refractivity contribution in [3.63, 3.8) is 0 Å². The molecule has 0 aliphatic heterocycles. The average Bonchev–Trinajstić information content (AvgIpc) is 2.39. The number of rotatable bonds is 9. The molecule has 104 valence electrons. The molecule has 1 aromatic carbocycles. The summed E-state index contributed by atoms with van der Waals surface area (Å²) in [6, 6.07) is 7.25. The number of benzene rings is 1. The van der Waals surface area contributed by atoms with Crippen LogP contribution in [0.25, 0.3) is 0 Å². The first kappa shape index (κ1) is 15.0. The summed E-state index contributed by atoms with van der Waals surface area (Å²) in [6.07, 6.45) is 1.68. The number of carbonyl (C=O) groups is 1. The lowest BCUT2D eigenvalue weighted by Gasteiger charge is -2.18. The summed E-state index contributed by atoms with van der Waals surface area (Å²) in [6.45, 7) is 5.07. The lowest BCUT2D eigenvalue weighted by atomic mass is 10.3. The Kier molecular flexibility index (Phi) is 6.46. The molecular formula is C14H19NO4. The summed E-state index contributed by atoms with van der Waals surface area (Å²) in [5.74, 6) is 0.646. The van der Waals surface area contributed by atoms with Gasteiger partial charge >= 0.3 is 5.97 Å². The van der Waals surface area contributed by atoms with Crippen LogP contribution in [0.5, 0.6) is 11.5 Å². The lowest BCUT2D eigenvalue weighted by molar-refractivity contribution is -0.138. The summed E-state index contributed by atoms with van der Waals surface area (Å²) in [4.78, 5) is 12.4. The molecule has 0 saturated carbocycles. The number of hydrogen-bond acceptors (Lipinski definition) is 4. The summed E-state index contributed by atoms with van der Waals surface area (Å²) >= 11 is 0. The number of nitrogens with zero attached hydrogens (tertiary/aromatic N) is 1. The molecule has 0 aliphatic carbocycles. The first-order chi connectivity index (χ1) is 9.15. The minimum absolute atomic E-state index is 0.0159. The third-order valence-corrected chi connectivity index (χ3v) is 2.48. The summed E-state index contributed by atoms with van der Waals surface area (Å²) in [7, 11) is 1.61. The number of hydrogen-bond donors (Lipinski definition) is 1. The molecule has 0 fully saturated rings. The zero-order valence-corrected chi connectivity index (χ0v) is 11.0. The zero-order valence-electron chi connectivity index (χ0n) is 11.0. The Balaban J connectivity index is 2.37. The third kappa shape index (κ3) is 5.92. The maximum atomic E-state index is 10.7. The molecular weight excluding hydrogens is 246 g/mol. The summed E-state index contributed by atoms with van der Waals surface area (Å²) in [5.41, 5.74) is 0. The normalized spacial score (nSPS) is 10.2. The standard InChI is InChI=1S/C14H19NO4/c1-3-8-15(11-14(16)17)9-10-19-13-6-4-12(18-2)5-7-13/h3-7H,1,8-11H2,2H3,(H,16,17). The second-order valence-electron chi connectivity index (χ2n) is 3.94. The van der Waals surface area contributed by atoms with Gasteiger partial charge in [0.1, 0.15) is 18.1 Å². The fourth-order valence-electron chi connectivity index (χ4n) is 1.57. The molecule has 19 heavy (non-hydrogen) atoms. The van der Waals surface area contributed by atoms with Gasteiger partial charge in [-0.2, -0.15) is 0 Å². The maximum Gasteiger partial charge on any atom is 0.317 e. The molecule has 0 aliphatic rings. The van der Waals surface area contributed by atoms with Crippen LogP contribution in [-0.2, 0) is 4.79 Å². The first-order valence-electron chi connectivity index (χ1n) is 5.97. The van der Waals surface area contributed by atoms with Gasteiger partial charge in [0.15, 0.2) is 0 Å². The topological polar surface area (TPSA) is 59.0 Å². The zero-order chi connectivity index (χ0) is 14.1. The number of carboxylic acid groups (broad SMARTS) is 1. The van der Waals surface area contributed by atoms with Crippen molar-refractivity contribution in [2.75, 3.05) is 33.4 Å². The molecule has 1 rings (SSSR count). The highest BCUT2D eigenvalue weighted by Gasteiger charge is 2.07. The van der Waals surface area contributed by atoms with Gasteiger partial charge in [-0.25, -0.2) is 0 Å². The van der Waals surface area contributed by atoms with Crippen molar-refractivity contribution in [3.05, 3.63) is 36.9 Å². The van der Waals surface area contributed by atoms with Crippen molar-refractivity contribution >= 4 is 5.97 Å². The van der Waals surface area contributed by atoms with E-state index in [9.17, 15) is 4.79 Å². The van der Waals surface area contributed by atoms with Gasteiger partial charge in [0.25, 0.3) is 0 Å². The predicted molar refractivity (Wildman–Crippen MR) is 72.8 cm³/mol. The van der Waals surface area contributed by atoms with Crippen molar-refractivity contribution < 1.29 is 19.4 Å². The molecule has 0 amide bonds. The van der Waals surface area contributed by atoms with Crippen LogP contribution in [0.3, 0.4) is 0 Å². The molecule has 1 aromatic rings. The van der Waals surface area contributed by atoms with E-state index < -0.39 is 5.97 Å². The second-order valence-corrected chi connectivity index (χ2v) is 3.94. The first-order valence-corrected chi connectivity index (χ1v) is 5.97. The van der Waals surface area contributed by atoms with E-state index in [0.29, 0.717) is 19.7 Å². The third-order valence-electron chi connectivity index (χ3n) is 2.48. The van der Waals surface area contributed by atoms with E-state index >= 15 is 0 Å².